The van der Waals surface area contributed by atoms with E-state index < -0.39 is 0 Å². The van der Waals surface area contributed by atoms with Crippen LogP contribution in [0.15, 0.2) is 18.2 Å². The van der Waals surface area contributed by atoms with Crippen LogP contribution in [0.4, 0.5) is 5.69 Å². The van der Waals surface area contributed by atoms with Crippen molar-refractivity contribution in [2.75, 3.05) is 18.4 Å². The van der Waals surface area contributed by atoms with Gasteiger partial charge in [-0.15, -0.1) is 0 Å². The molecule has 0 saturated carbocycles. The molecule has 1 heterocycles. The smallest absolute Gasteiger partial charge is 0.222 e. The summed E-state index contributed by atoms with van der Waals surface area (Å²) < 4.78 is 0. The molecule has 0 radical (unpaired) electrons. The lowest BCUT2D eigenvalue weighted by Gasteiger charge is -2.29. The Bertz CT molecular complexity index is 415. The molecule has 1 aromatic carbocycles. The minimum atomic E-state index is 0.256. The predicted molar refractivity (Wildman–Crippen MR) is 70.0 cm³/mol. The van der Waals surface area contributed by atoms with Gasteiger partial charge in [0.1, 0.15) is 0 Å². The van der Waals surface area contributed by atoms with Gasteiger partial charge in [-0.3, -0.25) is 4.79 Å². The van der Waals surface area contributed by atoms with Gasteiger partial charge in [-0.1, -0.05) is 13.0 Å². The Labute approximate surface area is 103 Å². The lowest BCUT2D eigenvalue weighted by molar-refractivity contribution is -0.131. The monoisotopic (exact) mass is 232 g/mol. The zero-order chi connectivity index (χ0) is 12.3. The highest BCUT2D eigenvalue weighted by Gasteiger charge is 2.19. The molecule has 0 bridgehead atoms. The van der Waals surface area contributed by atoms with E-state index >= 15 is 0 Å². The van der Waals surface area contributed by atoms with Gasteiger partial charge in [0.15, 0.2) is 0 Å². The van der Waals surface area contributed by atoms with Gasteiger partial charge in [-0.05, 0) is 36.6 Å². The molecular weight excluding hydrogens is 212 g/mol. The van der Waals surface area contributed by atoms with Crippen LogP contribution in [0.5, 0.6) is 0 Å². The topological polar surface area (TPSA) is 32.3 Å². The zero-order valence-electron chi connectivity index (χ0n) is 10.6. The van der Waals surface area contributed by atoms with E-state index in [9.17, 15) is 4.79 Å². The van der Waals surface area contributed by atoms with E-state index in [2.05, 4.69) is 30.4 Å². The van der Waals surface area contributed by atoms with Crippen LogP contribution in [0.1, 0.15) is 31.4 Å². The highest BCUT2D eigenvalue weighted by atomic mass is 16.2. The average molecular weight is 232 g/mol. The summed E-state index contributed by atoms with van der Waals surface area (Å²) in [6, 6.07) is 6.46. The molecule has 0 spiro atoms. The predicted octanol–water partition coefficient (Wildman–Crippen LogP) is 2.41. The first-order valence-electron chi connectivity index (χ1n) is 6.38. The summed E-state index contributed by atoms with van der Waals surface area (Å²) in [6.07, 6.45) is 1.57. The molecule has 1 aliphatic heterocycles. The highest BCUT2D eigenvalue weighted by Crippen LogP contribution is 2.22. The summed E-state index contributed by atoms with van der Waals surface area (Å²) in [6.45, 7) is 6.59. The number of rotatable bonds is 3. The van der Waals surface area contributed by atoms with Gasteiger partial charge >= 0.3 is 0 Å². The summed E-state index contributed by atoms with van der Waals surface area (Å²) in [4.78, 5) is 13.6. The fourth-order valence-electron chi connectivity index (χ4n) is 2.30. The molecular formula is C14H20N2O. The van der Waals surface area contributed by atoms with Crippen molar-refractivity contribution in [3.05, 3.63) is 29.3 Å². The van der Waals surface area contributed by atoms with Gasteiger partial charge in [0.25, 0.3) is 0 Å². The van der Waals surface area contributed by atoms with Crippen molar-refractivity contribution in [1.82, 2.24) is 4.90 Å². The first-order valence-corrected chi connectivity index (χ1v) is 6.38. The number of hydrogen-bond acceptors (Lipinski definition) is 2. The second-order valence-corrected chi connectivity index (χ2v) is 4.43. The first-order chi connectivity index (χ1) is 8.24. The Balaban J connectivity index is 2.14. The number of fused-ring (bicyclic) bond motifs is 1. The van der Waals surface area contributed by atoms with E-state index in [4.69, 9.17) is 0 Å². The summed E-state index contributed by atoms with van der Waals surface area (Å²) >= 11 is 0. The second kappa shape index (κ2) is 5.21. The molecule has 1 amide bonds. The third kappa shape index (κ3) is 2.60. The van der Waals surface area contributed by atoms with Gasteiger partial charge in [-0.25, -0.2) is 0 Å². The summed E-state index contributed by atoms with van der Waals surface area (Å²) in [5.41, 5.74) is 3.85. The van der Waals surface area contributed by atoms with Gasteiger partial charge < -0.3 is 10.2 Å². The summed E-state index contributed by atoms with van der Waals surface area (Å²) in [7, 11) is 0. The molecule has 0 unspecified atom stereocenters. The Kier molecular flexibility index (Phi) is 3.67. The van der Waals surface area contributed by atoms with E-state index in [-0.39, 0.29) is 5.91 Å². The fourth-order valence-corrected chi connectivity index (χ4v) is 2.30. The van der Waals surface area contributed by atoms with E-state index in [0.29, 0.717) is 6.42 Å². The molecule has 17 heavy (non-hydrogen) atoms. The molecule has 0 atom stereocenters. The van der Waals surface area contributed by atoms with Crippen LogP contribution in [0.3, 0.4) is 0 Å². The number of nitrogens with zero attached hydrogens (tertiary/aromatic N) is 1. The summed E-state index contributed by atoms with van der Waals surface area (Å²) in [5, 5.41) is 3.32. The highest BCUT2D eigenvalue weighted by molar-refractivity contribution is 5.76. The van der Waals surface area contributed by atoms with Crippen molar-refractivity contribution in [2.24, 2.45) is 0 Å². The van der Waals surface area contributed by atoms with Crippen molar-refractivity contribution < 1.29 is 4.79 Å². The quantitative estimate of drug-likeness (QED) is 0.868. The van der Waals surface area contributed by atoms with Crippen LogP contribution < -0.4 is 5.32 Å². The third-order valence-corrected chi connectivity index (χ3v) is 3.25. The molecule has 1 aliphatic rings. The largest absolute Gasteiger partial charge is 0.385 e. The molecule has 0 fully saturated rings. The minimum Gasteiger partial charge on any atom is -0.385 e. The molecule has 0 aromatic heterocycles. The number of nitrogens with one attached hydrogen (secondary N) is 1. The van der Waals surface area contributed by atoms with Crippen LogP contribution in [-0.4, -0.2) is 23.9 Å². The van der Waals surface area contributed by atoms with Crippen molar-refractivity contribution >= 4 is 11.6 Å². The van der Waals surface area contributed by atoms with Crippen LogP contribution >= 0.6 is 0 Å². The standard InChI is InChI=1S/C14H20N2O/c1-3-14(17)16-8-7-11-9-13(15-4-2)6-5-12(11)10-16/h5-6,9,15H,3-4,7-8,10H2,1-2H3. The van der Waals surface area contributed by atoms with E-state index in [1.165, 1.54) is 16.8 Å². The van der Waals surface area contributed by atoms with E-state index in [0.717, 1.165) is 26.1 Å². The second-order valence-electron chi connectivity index (χ2n) is 4.43. The normalized spacial score (nSPS) is 14.4. The molecule has 0 aliphatic carbocycles. The Hall–Kier alpha value is -1.51. The molecule has 3 heteroatoms. The molecule has 1 N–H and O–H groups in total. The molecule has 0 saturated heterocycles. The van der Waals surface area contributed by atoms with E-state index in [1.807, 2.05) is 11.8 Å². The SMILES string of the molecule is CCNc1ccc2c(c1)CCN(C(=O)CC)C2. The molecule has 3 nitrogen and oxygen atoms in total. The first kappa shape index (κ1) is 12.0. The van der Waals surface area contributed by atoms with Crippen LogP contribution in [0.2, 0.25) is 0 Å². The number of carbonyl (C=O) groups excluding carboxylic acids is 1. The number of benzene rings is 1. The third-order valence-electron chi connectivity index (χ3n) is 3.25. The van der Waals surface area contributed by atoms with Crippen molar-refractivity contribution in [2.45, 2.75) is 33.2 Å². The minimum absolute atomic E-state index is 0.256. The van der Waals surface area contributed by atoms with Gasteiger partial charge in [0.2, 0.25) is 5.91 Å². The number of carbonyl (C=O) groups is 1. The van der Waals surface area contributed by atoms with Crippen molar-refractivity contribution in [3.63, 3.8) is 0 Å². The fraction of sp³-hybridized carbons (Fsp3) is 0.500. The molecule has 92 valence electrons. The lowest BCUT2D eigenvalue weighted by atomic mass is 9.99. The number of hydrogen-bond donors (Lipinski definition) is 1. The van der Waals surface area contributed by atoms with Crippen LogP contribution in [-0.2, 0) is 17.8 Å². The van der Waals surface area contributed by atoms with Crippen LogP contribution in [0, 0.1) is 0 Å². The lowest BCUT2D eigenvalue weighted by Crippen LogP contribution is -2.35. The maximum Gasteiger partial charge on any atom is 0.222 e. The number of anilines is 1. The van der Waals surface area contributed by atoms with Crippen LogP contribution in [0.25, 0.3) is 0 Å². The maximum absolute atomic E-state index is 11.7. The Morgan fingerprint density at radius 3 is 2.88 bits per heavy atom. The Morgan fingerprint density at radius 2 is 2.18 bits per heavy atom. The maximum atomic E-state index is 11.7. The van der Waals surface area contributed by atoms with Crippen molar-refractivity contribution in [1.29, 1.82) is 0 Å². The van der Waals surface area contributed by atoms with Crippen molar-refractivity contribution in [3.8, 4) is 0 Å². The van der Waals surface area contributed by atoms with Gasteiger partial charge in [-0.2, -0.15) is 0 Å². The summed E-state index contributed by atoms with van der Waals surface area (Å²) in [5.74, 6) is 0.256. The van der Waals surface area contributed by atoms with Gasteiger partial charge in [0.05, 0.1) is 0 Å². The van der Waals surface area contributed by atoms with E-state index in [1.54, 1.807) is 0 Å². The Morgan fingerprint density at radius 1 is 1.35 bits per heavy atom. The zero-order valence-corrected chi connectivity index (χ0v) is 10.6. The van der Waals surface area contributed by atoms with Gasteiger partial charge in [0, 0.05) is 31.7 Å². The molecule has 2 rings (SSSR count). The average Bonchev–Trinajstić information content (AvgIpc) is 2.37. The molecule has 1 aromatic rings. The number of amides is 1.